The van der Waals surface area contributed by atoms with Gasteiger partial charge in [-0.25, -0.2) is 8.42 Å². The summed E-state index contributed by atoms with van der Waals surface area (Å²) in [5.41, 5.74) is 3.05. The Balaban J connectivity index is 1.39. The lowest BCUT2D eigenvalue weighted by atomic mass is 9.99. The van der Waals surface area contributed by atoms with Crippen molar-refractivity contribution in [1.82, 2.24) is 9.88 Å². The highest BCUT2D eigenvalue weighted by Gasteiger charge is 2.31. The summed E-state index contributed by atoms with van der Waals surface area (Å²) in [5.74, 6) is -0.527. The summed E-state index contributed by atoms with van der Waals surface area (Å²) in [6.45, 7) is 2.65. The summed E-state index contributed by atoms with van der Waals surface area (Å²) in [6, 6.07) is 17.0. The predicted octanol–water partition coefficient (Wildman–Crippen LogP) is 3.47. The first-order valence-corrected chi connectivity index (χ1v) is 16.1. The normalized spacial score (nSPS) is 16.0. The number of nitrogens with one attached hydrogen (secondary N) is 1. The second-order valence-corrected chi connectivity index (χ2v) is 13.3. The maximum absolute atomic E-state index is 13.8. The van der Waals surface area contributed by atoms with Crippen LogP contribution in [0, 0.1) is 0 Å². The van der Waals surface area contributed by atoms with Crippen molar-refractivity contribution in [2.75, 3.05) is 23.7 Å². The molecular formula is C32H36F3N4O4S+. The second kappa shape index (κ2) is 12.6. The lowest BCUT2D eigenvalue weighted by molar-refractivity contribution is -0.676. The fourth-order valence-corrected chi connectivity index (χ4v) is 6.82. The molecule has 3 aromatic carbocycles. The first kappa shape index (κ1) is 31.6. The van der Waals surface area contributed by atoms with Gasteiger partial charge in [0.1, 0.15) is 19.2 Å². The fourth-order valence-electron chi connectivity index (χ4n) is 5.68. The molecule has 44 heavy (non-hydrogen) atoms. The lowest BCUT2D eigenvalue weighted by Crippen LogP contribution is -2.85. The molecule has 2 heterocycles. The van der Waals surface area contributed by atoms with Crippen LogP contribution in [0.1, 0.15) is 39.5 Å². The number of nitrogens with two attached hydrogens (primary N) is 1. The minimum atomic E-state index is -4.44. The van der Waals surface area contributed by atoms with Gasteiger partial charge in [-0.05, 0) is 48.2 Å². The van der Waals surface area contributed by atoms with E-state index in [0.717, 1.165) is 34.2 Å². The number of quaternary nitrogens is 1. The molecule has 1 aliphatic rings. The van der Waals surface area contributed by atoms with Crippen LogP contribution in [0.15, 0.2) is 72.9 Å². The van der Waals surface area contributed by atoms with Crippen LogP contribution in [0.2, 0.25) is 0 Å². The van der Waals surface area contributed by atoms with E-state index in [1.165, 1.54) is 17.4 Å². The van der Waals surface area contributed by atoms with E-state index in [4.69, 9.17) is 0 Å². The Morgan fingerprint density at radius 2 is 1.80 bits per heavy atom. The molecule has 4 aromatic rings. The first-order chi connectivity index (χ1) is 20.9. The molecule has 5 rings (SSSR count). The van der Waals surface area contributed by atoms with Crippen LogP contribution in [0.5, 0.6) is 0 Å². The zero-order chi connectivity index (χ0) is 31.6. The molecule has 234 valence electrons. The molecule has 0 spiro atoms. The number of aliphatic hydroxyl groups excluding tert-OH is 1. The van der Waals surface area contributed by atoms with Crippen molar-refractivity contribution in [1.29, 1.82) is 0 Å². The van der Waals surface area contributed by atoms with Crippen LogP contribution in [-0.4, -0.2) is 55.5 Å². The molecule has 1 amide bonds. The number of amides is 1. The average molecular weight is 630 g/mol. The number of anilines is 1. The molecule has 0 radical (unpaired) electrons. The molecule has 1 aromatic heterocycles. The average Bonchev–Trinajstić information content (AvgIpc) is 3.32. The number of aryl methyl sites for hydroxylation is 2. The number of carbonyl (C=O) groups is 1. The van der Waals surface area contributed by atoms with Crippen molar-refractivity contribution in [3.8, 4) is 0 Å². The lowest BCUT2D eigenvalue weighted by Gasteiger charge is -2.24. The fraction of sp³-hybridized carbons (Fsp3) is 0.344. The van der Waals surface area contributed by atoms with Gasteiger partial charge < -0.3 is 20.3 Å². The molecule has 0 aliphatic carbocycles. The molecule has 4 N–H and O–H groups in total. The van der Waals surface area contributed by atoms with Gasteiger partial charge in [0.25, 0.3) is 5.91 Å². The number of sulfonamides is 1. The van der Waals surface area contributed by atoms with Gasteiger partial charge in [-0.3, -0.25) is 9.10 Å². The molecule has 12 heteroatoms. The maximum atomic E-state index is 13.8. The van der Waals surface area contributed by atoms with Crippen molar-refractivity contribution < 1.29 is 36.8 Å². The van der Waals surface area contributed by atoms with Gasteiger partial charge in [-0.1, -0.05) is 49.4 Å². The van der Waals surface area contributed by atoms with Crippen molar-refractivity contribution in [3.63, 3.8) is 0 Å². The van der Waals surface area contributed by atoms with E-state index in [9.17, 15) is 31.5 Å². The summed E-state index contributed by atoms with van der Waals surface area (Å²) >= 11 is 0. The zero-order valence-electron chi connectivity index (χ0n) is 24.5. The standard InChI is InChI=1S/C32H35F3N4O4S/c1-3-23-20-39-12-13-44(42,43)38(2)28-17-24(16-26(23)30(28)39)31(41)37-27(15-21-8-5-4-6-9-21)29(40)19-36-18-22-10-7-11-25(14-22)32(33,34)35/h4-11,14,16-17,20,27,29,36,40H,3,12-13,15,18-19H2,1-2H3,(H,37,41)/p+1/t27-,29+/m0/s1. The Hall–Kier alpha value is -3.87. The Morgan fingerprint density at radius 1 is 1.07 bits per heavy atom. The number of aromatic nitrogens is 1. The minimum Gasteiger partial charge on any atom is -0.385 e. The van der Waals surface area contributed by atoms with E-state index in [-0.39, 0.29) is 24.4 Å². The number of alkyl halides is 3. The van der Waals surface area contributed by atoms with Crippen LogP contribution in [0.25, 0.3) is 10.9 Å². The van der Waals surface area contributed by atoms with Crippen LogP contribution in [0.4, 0.5) is 18.9 Å². The summed E-state index contributed by atoms with van der Waals surface area (Å²) < 4.78 is 68.3. The molecule has 2 atom stereocenters. The van der Waals surface area contributed by atoms with Crippen LogP contribution in [0.3, 0.4) is 0 Å². The molecule has 1 aliphatic heterocycles. The van der Waals surface area contributed by atoms with Crippen molar-refractivity contribution >= 4 is 32.5 Å². The Labute approximate surface area is 254 Å². The number of carbonyl (C=O) groups excluding carboxylic acids is 1. The van der Waals surface area contributed by atoms with Gasteiger partial charge in [0.05, 0.1) is 28.6 Å². The molecule has 0 fully saturated rings. The van der Waals surface area contributed by atoms with Gasteiger partial charge in [-0.15, -0.1) is 0 Å². The van der Waals surface area contributed by atoms with E-state index in [1.54, 1.807) is 23.5 Å². The third-order valence-electron chi connectivity index (χ3n) is 8.15. The number of aliphatic hydroxyl groups is 1. The quantitative estimate of drug-likeness (QED) is 0.250. The molecule has 0 saturated heterocycles. The summed E-state index contributed by atoms with van der Waals surface area (Å²) in [5, 5.41) is 16.7. The molecular weight excluding hydrogens is 593 g/mol. The van der Waals surface area contributed by atoms with Crippen LogP contribution >= 0.6 is 0 Å². The molecule has 0 bridgehead atoms. The Kier molecular flexibility index (Phi) is 9.05. The van der Waals surface area contributed by atoms with E-state index in [0.29, 0.717) is 30.6 Å². The molecule has 0 unspecified atom stereocenters. The van der Waals surface area contributed by atoms with E-state index in [2.05, 4.69) is 5.32 Å². The topological polar surface area (TPSA) is 108 Å². The van der Waals surface area contributed by atoms with Crippen LogP contribution in [-0.2, 0) is 42.1 Å². The van der Waals surface area contributed by atoms with Gasteiger partial charge >= 0.3 is 6.18 Å². The number of benzene rings is 3. The largest absolute Gasteiger partial charge is 0.416 e. The van der Waals surface area contributed by atoms with Gasteiger partial charge in [0.15, 0.2) is 0 Å². The molecule has 0 saturated carbocycles. The maximum Gasteiger partial charge on any atom is 0.416 e. The Bertz CT molecular complexity index is 1760. The van der Waals surface area contributed by atoms with Gasteiger partial charge in [0, 0.05) is 36.3 Å². The van der Waals surface area contributed by atoms with Gasteiger partial charge in [0.2, 0.25) is 10.0 Å². The third-order valence-corrected chi connectivity index (χ3v) is 9.88. The van der Waals surface area contributed by atoms with Crippen molar-refractivity contribution in [2.24, 2.45) is 0 Å². The molecule has 8 nitrogen and oxygen atoms in total. The monoisotopic (exact) mass is 629 g/mol. The predicted molar refractivity (Wildman–Crippen MR) is 163 cm³/mol. The van der Waals surface area contributed by atoms with E-state index in [1.807, 2.05) is 48.0 Å². The number of hydrogen-bond donors (Lipinski definition) is 3. The third kappa shape index (κ3) is 6.77. The SMILES string of the molecule is CCc1cn2c3c(cc(C(=O)N[C@@H](Cc4ccccc4)[C@H](O)C[NH2+]Cc4cccc(C(F)(F)F)c4)cc13)N(C)S(=O)(=O)CC2. The number of rotatable bonds is 10. The zero-order valence-corrected chi connectivity index (χ0v) is 25.3. The summed E-state index contributed by atoms with van der Waals surface area (Å²) in [6.07, 6.45) is -2.54. The van der Waals surface area contributed by atoms with Crippen molar-refractivity contribution in [3.05, 3.63) is 101 Å². The summed E-state index contributed by atoms with van der Waals surface area (Å²) in [7, 11) is -2.10. The summed E-state index contributed by atoms with van der Waals surface area (Å²) in [4.78, 5) is 13.8. The van der Waals surface area contributed by atoms with E-state index < -0.39 is 39.8 Å². The van der Waals surface area contributed by atoms with Crippen LogP contribution < -0.4 is 14.9 Å². The van der Waals surface area contributed by atoms with Gasteiger partial charge in [-0.2, -0.15) is 13.2 Å². The number of hydrogen-bond acceptors (Lipinski definition) is 4. The minimum absolute atomic E-state index is 0.0605. The highest BCUT2D eigenvalue weighted by molar-refractivity contribution is 7.92. The second-order valence-electron chi connectivity index (χ2n) is 11.1. The smallest absolute Gasteiger partial charge is 0.385 e. The highest BCUT2D eigenvalue weighted by atomic mass is 32.2. The number of nitrogens with zero attached hydrogens (tertiary/aromatic N) is 2. The Morgan fingerprint density at radius 3 is 2.50 bits per heavy atom. The van der Waals surface area contributed by atoms with E-state index >= 15 is 0 Å². The number of halogens is 3. The first-order valence-electron chi connectivity index (χ1n) is 14.5. The van der Waals surface area contributed by atoms with Crippen molar-refractivity contribution in [2.45, 2.75) is 51.2 Å². The highest BCUT2D eigenvalue weighted by Crippen LogP contribution is 2.36.